The van der Waals surface area contributed by atoms with Gasteiger partial charge in [-0.05, 0) is 47.9 Å². The zero-order valence-electron chi connectivity index (χ0n) is 31.3. The summed E-state index contributed by atoms with van der Waals surface area (Å²) >= 11 is 0. The highest BCUT2D eigenvalue weighted by atomic mass is 16.6. The minimum atomic E-state index is -1.01. The van der Waals surface area contributed by atoms with Gasteiger partial charge in [0.15, 0.2) is 12.2 Å². The summed E-state index contributed by atoms with van der Waals surface area (Å²) in [4.78, 5) is 50.1. The Kier molecular flexibility index (Phi) is 15.0. The number of esters is 2. The highest BCUT2D eigenvalue weighted by Gasteiger charge is 2.22. The van der Waals surface area contributed by atoms with Crippen LogP contribution >= 0.6 is 0 Å². The first-order valence-corrected chi connectivity index (χ1v) is 17.9. The molecule has 292 valence electrons. The van der Waals surface area contributed by atoms with E-state index < -0.39 is 36.3 Å². The zero-order valence-corrected chi connectivity index (χ0v) is 31.3. The first-order valence-electron chi connectivity index (χ1n) is 17.9. The third kappa shape index (κ3) is 12.6. The van der Waals surface area contributed by atoms with Crippen molar-refractivity contribution in [2.75, 3.05) is 37.1 Å². The van der Waals surface area contributed by atoms with Crippen molar-refractivity contribution >= 4 is 35.5 Å². The summed E-state index contributed by atoms with van der Waals surface area (Å²) in [6.07, 6.45) is -1.75. The standard InChI is InChI=1S/C45H42N2O10/c1-4-42(48)54-29-35(27-52-40-22-14-12-20-37(40)32-16-8-6-9-17-32)56-44(50)46-34-25-24-31(3)39(26-34)47-45(51)57-36(30-55-43(49)5-2)28-53-41-23-15-13-21-38(41)33-18-10-7-11-19-33/h4-26,35-36H,1-2,27-30H2,3H3,(H,46,50)(H,47,51). The van der Waals surface area contributed by atoms with Crippen LogP contribution in [0.2, 0.25) is 0 Å². The number of carbonyl (C=O) groups is 4. The number of ether oxygens (including phenoxy) is 6. The molecule has 0 spiro atoms. The first kappa shape index (κ1) is 40.8. The molecule has 2 atom stereocenters. The first-order chi connectivity index (χ1) is 27.7. The summed E-state index contributed by atoms with van der Waals surface area (Å²) in [7, 11) is 0. The number of hydrogen-bond acceptors (Lipinski definition) is 10. The molecule has 2 amide bonds. The maximum absolute atomic E-state index is 13.2. The van der Waals surface area contributed by atoms with Crippen LogP contribution in [0.3, 0.4) is 0 Å². The second kappa shape index (κ2) is 20.9. The fourth-order valence-corrected chi connectivity index (χ4v) is 5.39. The Balaban J connectivity index is 1.22. The summed E-state index contributed by atoms with van der Waals surface area (Å²) in [5.41, 5.74) is 4.74. The average molecular weight is 771 g/mol. The average Bonchev–Trinajstić information content (AvgIpc) is 3.24. The van der Waals surface area contributed by atoms with Gasteiger partial charge >= 0.3 is 24.1 Å². The molecule has 0 aliphatic heterocycles. The molecular weight excluding hydrogens is 728 g/mol. The number of hydrogen-bond donors (Lipinski definition) is 2. The van der Waals surface area contributed by atoms with Gasteiger partial charge in [0.2, 0.25) is 0 Å². The minimum absolute atomic E-state index is 0.140. The third-order valence-electron chi connectivity index (χ3n) is 8.22. The molecule has 2 unspecified atom stereocenters. The summed E-state index contributed by atoms with van der Waals surface area (Å²) in [5, 5.41) is 5.30. The van der Waals surface area contributed by atoms with Crippen molar-refractivity contribution in [2.24, 2.45) is 0 Å². The van der Waals surface area contributed by atoms with E-state index in [2.05, 4.69) is 23.8 Å². The molecule has 2 N–H and O–H groups in total. The van der Waals surface area contributed by atoms with Crippen LogP contribution in [0.1, 0.15) is 5.56 Å². The van der Waals surface area contributed by atoms with Gasteiger partial charge in [0.25, 0.3) is 0 Å². The summed E-state index contributed by atoms with van der Waals surface area (Å²) in [5.74, 6) is -0.308. The van der Waals surface area contributed by atoms with Crippen LogP contribution in [0.15, 0.2) is 153 Å². The van der Waals surface area contributed by atoms with Gasteiger partial charge in [0.1, 0.15) is 37.9 Å². The van der Waals surface area contributed by atoms with E-state index in [1.807, 2.05) is 97.1 Å². The summed E-state index contributed by atoms with van der Waals surface area (Å²) in [6.45, 7) is 7.68. The lowest BCUT2D eigenvalue weighted by Gasteiger charge is -2.21. The smallest absolute Gasteiger partial charge is 0.412 e. The molecule has 0 aromatic heterocycles. The highest BCUT2D eigenvalue weighted by Crippen LogP contribution is 2.31. The Morgan fingerprint density at radius 3 is 1.47 bits per heavy atom. The van der Waals surface area contributed by atoms with Crippen LogP contribution in [0.5, 0.6) is 11.5 Å². The van der Waals surface area contributed by atoms with Crippen LogP contribution in [0.25, 0.3) is 22.3 Å². The Hall–Kier alpha value is -7.34. The molecule has 0 fully saturated rings. The second-order valence-corrected chi connectivity index (χ2v) is 12.3. The molecule has 0 saturated heterocycles. The topological polar surface area (TPSA) is 148 Å². The zero-order chi connectivity index (χ0) is 40.4. The van der Waals surface area contributed by atoms with Gasteiger partial charge in [-0.2, -0.15) is 0 Å². The molecule has 0 heterocycles. The van der Waals surface area contributed by atoms with E-state index in [1.165, 1.54) is 6.07 Å². The Morgan fingerprint density at radius 1 is 0.561 bits per heavy atom. The predicted octanol–water partition coefficient (Wildman–Crippen LogP) is 8.78. The van der Waals surface area contributed by atoms with Gasteiger partial charge in [0, 0.05) is 34.7 Å². The predicted molar refractivity (Wildman–Crippen MR) is 216 cm³/mol. The molecule has 5 aromatic carbocycles. The Bertz CT molecular complexity index is 2160. The van der Waals surface area contributed by atoms with Crippen LogP contribution in [-0.4, -0.2) is 62.8 Å². The quantitative estimate of drug-likeness (QED) is 0.0503. The fourth-order valence-electron chi connectivity index (χ4n) is 5.39. The van der Waals surface area contributed by atoms with E-state index in [4.69, 9.17) is 28.4 Å². The van der Waals surface area contributed by atoms with Gasteiger partial charge < -0.3 is 28.4 Å². The molecule has 0 aliphatic rings. The van der Waals surface area contributed by atoms with E-state index in [0.717, 1.165) is 34.4 Å². The maximum atomic E-state index is 13.2. The van der Waals surface area contributed by atoms with Gasteiger partial charge in [-0.15, -0.1) is 0 Å². The van der Waals surface area contributed by atoms with Crippen molar-refractivity contribution in [3.05, 3.63) is 158 Å². The molecule has 5 rings (SSSR count). The molecule has 5 aromatic rings. The summed E-state index contributed by atoms with van der Waals surface area (Å²) < 4.78 is 33.8. The monoisotopic (exact) mass is 770 g/mol. The number of nitrogens with one attached hydrogen (secondary N) is 2. The molecule has 0 radical (unpaired) electrons. The van der Waals surface area contributed by atoms with Crippen molar-refractivity contribution in [3.63, 3.8) is 0 Å². The lowest BCUT2D eigenvalue weighted by atomic mass is 10.1. The Morgan fingerprint density at radius 2 is 1.00 bits per heavy atom. The number of amides is 2. The van der Waals surface area contributed by atoms with Crippen molar-refractivity contribution in [1.82, 2.24) is 0 Å². The molecule has 12 nitrogen and oxygen atoms in total. The number of anilines is 2. The lowest BCUT2D eigenvalue weighted by molar-refractivity contribution is -0.141. The van der Waals surface area contributed by atoms with E-state index in [0.29, 0.717) is 22.7 Å². The van der Waals surface area contributed by atoms with Crippen molar-refractivity contribution < 1.29 is 47.6 Å². The van der Waals surface area contributed by atoms with E-state index in [9.17, 15) is 19.2 Å². The van der Waals surface area contributed by atoms with E-state index in [-0.39, 0.29) is 32.1 Å². The van der Waals surface area contributed by atoms with Crippen LogP contribution in [0, 0.1) is 6.92 Å². The van der Waals surface area contributed by atoms with Gasteiger partial charge in [-0.25, -0.2) is 19.2 Å². The van der Waals surface area contributed by atoms with Crippen molar-refractivity contribution in [3.8, 4) is 33.8 Å². The second-order valence-electron chi connectivity index (χ2n) is 12.3. The SMILES string of the molecule is C=CC(=O)OCC(COc1ccccc1-c1ccccc1)OC(=O)Nc1ccc(C)c(NC(=O)OC(COC(=O)C=C)COc2ccccc2-c2ccccc2)c1. The largest absolute Gasteiger partial charge is 0.489 e. The van der Waals surface area contributed by atoms with Gasteiger partial charge in [-0.3, -0.25) is 10.6 Å². The van der Waals surface area contributed by atoms with Crippen LogP contribution < -0.4 is 20.1 Å². The van der Waals surface area contributed by atoms with Crippen molar-refractivity contribution in [1.29, 1.82) is 0 Å². The number of para-hydroxylation sites is 2. The number of aryl methyl sites for hydroxylation is 1. The molecular formula is C45H42N2O10. The van der Waals surface area contributed by atoms with E-state index in [1.54, 1.807) is 31.2 Å². The van der Waals surface area contributed by atoms with Gasteiger partial charge in [-0.1, -0.05) is 116 Å². The van der Waals surface area contributed by atoms with Gasteiger partial charge in [0.05, 0.1) is 0 Å². The molecule has 12 heteroatoms. The van der Waals surface area contributed by atoms with Crippen LogP contribution in [0.4, 0.5) is 21.0 Å². The molecule has 57 heavy (non-hydrogen) atoms. The number of rotatable bonds is 18. The Labute approximate surface area is 330 Å². The highest BCUT2D eigenvalue weighted by molar-refractivity contribution is 5.90. The lowest BCUT2D eigenvalue weighted by Crippen LogP contribution is -2.33. The molecule has 0 bridgehead atoms. The van der Waals surface area contributed by atoms with E-state index >= 15 is 0 Å². The number of carbonyl (C=O) groups excluding carboxylic acids is 4. The summed E-state index contributed by atoms with van der Waals surface area (Å²) in [6, 6.07) is 38.8. The maximum Gasteiger partial charge on any atom is 0.412 e. The number of benzene rings is 5. The van der Waals surface area contributed by atoms with Crippen LogP contribution in [-0.2, 0) is 28.5 Å². The fraction of sp³-hybridized carbons (Fsp3) is 0.156. The van der Waals surface area contributed by atoms with Crippen molar-refractivity contribution in [2.45, 2.75) is 19.1 Å². The molecule has 0 saturated carbocycles. The third-order valence-corrected chi connectivity index (χ3v) is 8.22. The molecule has 0 aliphatic carbocycles. The minimum Gasteiger partial charge on any atom is -0.489 e. The normalized spacial score (nSPS) is 11.5.